The van der Waals surface area contributed by atoms with Crippen molar-refractivity contribution in [1.82, 2.24) is 10.2 Å². The zero-order valence-corrected chi connectivity index (χ0v) is 17.0. The second-order valence-corrected chi connectivity index (χ2v) is 9.71. The predicted molar refractivity (Wildman–Crippen MR) is 104 cm³/mol. The van der Waals surface area contributed by atoms with Crippen molar-refractivity contribution < 1.29 is 14.3 Å². The molecular weight excluding hydrogens is 340 g/mol. The third kappa shape index (κ3) is 3.71. The van der Waals surface area contributed by atoms with Crippen LogP contribution in [0.25, 0.3) is 0 Å². The summed E-state index contributed by atoms with van der Waals surface area (Å²) in [5.74, 6) is 3.00. The molecule has 5 fully saturated rings. The highest BCUT2D eigenvalue weighted by molar-refractivity contribution is 5.79. The van der Waals surface area contributed by atoms with Crippen molar-refractivity contribution in [3.8, 4) is 0 Å². The fourth-order valence-corrected chi connectivity index (χ4v) is 7.12. The molecule has 2 amide bonds. The fourth-order valence-electron chi connectivity index (χ4n) is 7.12. The molecule has 5 heteroatoms. The third-order valence-corrected chi connectivity index (χ3v) is 7.94. The van der Waals surface area contributed by atoms with Gasteiger partial charge in [-0.15, -0.1) is 0 Å². The van der Waals surface area contributed by atoms with Crippen LogP contribution in [0.4, 0.5) is 4.79 Å². The lowest BCUT2D eigenvalue weighted by atomic mass is 9.47. The summed E-state index contributed by atoms with van der Waals surface area (Å²) in [6.45, 7) is 5.74. The molecule has 0 spiro atoms. The molecule has 0 radical (unpaired) electrons. The summed E-state index contributed by atoms with van der Waals surface area (Å²) in [7, 11) is 0. The number of rotatable bonds is 5. The van der Waals surface area contributed by atoms with Gasteiger partial charge in [0.1, 0.15) is 0 Å². The van der Waals surface area contributed by atoms with Gasteiger partial charge in [0.15, 0.2) is 0 Å². The lowest BCUT2D eigenvalue weighted by Crippen LogP contribution is -2.57. The Hall–Kier alpha value is -1.26. The lowest BCUT2D eigenvalue weighted by Gasteiger charge is -2.59. The van der Waals surface area contributed by atoms with E-state index in [1.807, 2.05) is 6.92 Å². The van der Waals surface area contributed by atoms with Gasteiger partial charge in [0, 0.05) is 25.0 Å². The van der Waals surface area contributed by atoms with E-state index in [4.69, 9.17) is 4.74 Å². The number of hydrogen-bond donors (Lipinski definition) is 1. The molecule has 5 nitrogen and oxygen atoms in total. The summed E-state index contributed by atoms with van der Waals surface area (Å²) in [4.78, 5) is 26.6. The van der Waals surface area contributed by atoms with Gasteiger partial charge in [0.2, 0.25) is 5.91 Å². The minimum Gasteiger partial charge on any atom is -0.450 e. The van der Waals surface area contributed by atoms with E-state index in [1.165, 1.54) is 38.5 Å². The standard InChI is InChI=1S/C22H36N2O3/c1-3-19(22-12-15-9-16(13-22)11-17(10-15)14-22)23-20(25)18-5-7-24(8-6-18)21(26)27-4-2/h15-19H,3-14H2,1-2H3,(H,23,25)/t15?,16?,17?,19-,22?/m0/s1. The highest BCUT2D eigenvalue weighted by Crippen LogP contribution is 2.61. The topological polar surface area (TPSA) is 58.6 Å². The number of carbonyl (C=O) groups excluding carboxylic acids is 2. The number of piperidine rings is 1. The number of nitrogens with zero attached hydrogens (tertiary/aromatic N) is 1. The van der Waals surface area contributed by atoms with Gasteiger partial charge >= 0.3 is 6.09 Å². The second-order valence-electron chi connectivity index (χ2n) is 9.71. The molecule has 4 aliphatic carbocycles. The van der Waals surface area contributed by atoms with Crippen LogP contribution in [0.1, 0.15) is 71.6 Å². The molecule has 0 aromatic heterocycles. The van der Waals surface area contributed by atoms with Gasteiger partial charge < -0.3 is 15.0 Å². The monoisotopic (exact) mass is 376 g/mol. The van der Waals surface area contributed by atoms with E-state index in [1.54, 1.807) is 4.90 Å². The van der Waals surface area contributed by atoms with Crippen molar-refractivity contribution in [3.05, 3.63) is 0 Å². The normalized spacial score (nSPS) is 36.5. The maximum Gasteiger partial charge on any atom is 0.409 e. The van der Waals surface area contributed by atoms with Crippen molar-refractivity contribution in [2.75, 3.05) is 19.7 Å². The highest BCUT2D eigenvalue weighted by Gasteiger charge is 2.54. The summed E-state index contributed by atoms with van der Waals surface area (Å²) in [6.07, 6.45) is 10.6. The van der Waals surface area contributed by atoms with Crippen LogP contribution in [0.2, 0.25) is 0 Å². The number of amides is 2. The van der Waals surface area contributed by atoms with Crippen LogP contribution in [0.5, 0.6) is 0 Å². The van der Waals surface area contributed by atoms with Gasteiger partial charge in [-0.2, -0.15) is 0 Å². The molecule has 1 atom stereocenters. The van der Waals surface area contributed by atoms with Crippen molar-refractivity contribution in [1.29, 1.82) is 0 Å². The van der Waals surface area contributed by atoms with Crippen molar-refractivity contribution in [2.45, 2.75) is 77.7 Å². The molecule has 4 bridgehead atoms. The zero-order valence-electron chi connectivity index (χ0n) is 17.0. The van der Waals surface area contributed by atoms with E-state index in [0.717, 1.165) is 37.0 Å². The molecule has 5 rings (SSSR count). The van der Waals surface area contributed by atoms with Crippen LogP contribution in [0.3, 0.4) is 0 Å². The van der Waals surface area contributed by atoms with Gasteiger partial charge in [-0.3, -0.25) is 4.79 Å². The van der Waals surface area contributed by atoms with Crippen LogP contribution >= 0.6 is 0 Å². The minimum atomic E-state index is -0.239. The Morgan fingerprint density at radius 2 is 1.59 bits per heavy atom. The molecule has 152 valence electrons. The highest BCUT2D eigenvalue weighted by atomic mass is 16.6. The molecule has 1 saturated heterocycles. The Morgan fingerprint density at radius 3 is 2.07 bits per heavy atom. The van der Waals surface area contributed by atoms with E-state index < -0.39 is 0 Å². The van der Waals surface area contributed by atoms with Gasteiger partial charge in [-0.1, -0.05) is 6.92 Å². The lowest BCUT2D eigenvalue weighted by molar-refractivity contribution is -0.131. The molecule has 5 aliphatic rings. The molecule has 4 saturated carbocycles. The third-order valence-electron chi connectivity index (χ3n) is 7.94. The maximum absolute atomic E-state index is 13.0. The molecule has 0 unspecified atom stereocenters. The molecular formula is C22H36N2O3. The summed E-state index contributed by atoms with van der Waals surface area (Å²) in [5, 5.41) is 3.49. The second kappa shape index (κ2) is 7.63. The summed E-state index contributed by atoms with van der Waals surface area (Å²) in [5.41, 5.74) is 0.366. The zero-order chi connectivity index (χ0) is 19.0. The maximum atomic E-state index is 13.0. The molecule has 1 aliphatic heterocycles. The van der Waals surface area contributed by atoms with Crippen LogP contribution in [-0.2, 0) is 9.53 Å². The van der Waals surface area contributed by atoms with Crippen molar-refractivity contribution >= 4 is 12.0 Å². The van der Waals surface area contributed by atoms with Gasteiger partial charge in [-0.25, -0.2) is 4.79 Å². The fraction of sp³-hybridized carbons (Fsp3) is 0.909. The van der Waals surface area contributed by atoms with Gasteiger partial charge in [0.25, 0.3) is 0 Å². The van der Waals surface area contributed by atoms with Crippen molar-refractivity contribution in [2.24, 2.45) is 29.1 Å². The first-order valence-corrected chi connectivity index (χ1v) is 11.2. The Bertz CT molecular complexity index is 533. The van der Waals surface area contributed by atoms with Crippen LogP contribution < -0.4 is 5.32 Å². The quantitative estimate of drug-likeness (QED) is 0.790. The first-order valence-electron chi connectivity index (χ1n) is 11.2. The first kappa shape index (κ1) is 19.1. The SMILES string of the molecule is CCOC(=O)N1CCC(C(=O)N[C@@H](CC)C23CC4CC(CC(C4)C2)C3)CC1. The average molecular weight is 377 g/mol. The Balaban J connectivity index is 1.34. The summed E-state index contributed by atoms with van der Waals surface area (Å²) >= 11 is 0. The number of likely N-dealkylation sites (tertiary alicyclic amines) is 1. The molecule has 1 heterocycles. The van der Waals surface area contributed by atoms with Gasteiger partial charge in [0.05, 0.1) is 6.61 Å². The minimum absolute atomic E-state index is 0.0404. The van der Waals surface area contributed by atoms with E-state index in [-0.39, 0.29) is 17.9 Å². The van der Waals surface area contributed by atoms with E-state index >= 15 is 0 Å². The average Bonchev–Trinajstić information content (AvgIpc) is 2.65. The van der Waals surface area contributed by atoms with Crippen LogP contribution in [-0.4, -0.2) is 42.6 Å². The van der Waals surface area contributed by atoms with Gasteiger partial charge in [-0.05, 0) is 87.9 Å². The van der Waals surface area contributed by atoms with Crippen molar-refractivity contribution in [3.63, 3.8) is 0 Å². The Morgan fingerprint density at radius 1 is 1.04 bits per heavy atom. The summed E-state index contributed by atoms with van der Waals surface area (Å²) in [6, 6.07) is 0.335. The van der Waals surface area contributed by atoms with E-state index in [9.17, 15) is 9.59 Å². The number of hydrogen-bond acceptors (Lipinski definition) is 3. The van der Waals surface area contributed by atoms with E-state index in [0.29, 0.717) is 31.2 Å². The number of nitrogens with one attached hydrogen (secondary N) is 1. The number of ether oxygens (including phenoxy) is 1. The Kier molecular flexibility index (Phi) is 5.39. The molecule has 1 N–H and O–H groups in total. The molecule has 0 aromatic rings. The number of carbonyl (C=O) groups is 2. The smallest absolute Gasteiger partial charge is 0.409 e. The molecule has 27 heavy (non-hydrogen) atoms. The molecule has 0 aromatic carbocycles. The Labute approximate surface area is 163 Å². The van der Waals surface area contributed by atoms with Crippen LogP contribution in [0, 0.1) is 29.1 Å². The van der Waals surface area contributed by atoms with Crippen LogP contribution in [0.15, 0.2) is 0 Å². The van der Waals surface area contributed by atoms with E-state index in [2.05, 4.69) is 12.2 Å². The summed E-state index contributed by atoms with van der Waals surface area (Å²) < 4.78 is 5.08. The predicted octanol–water partition coefficient (Wildman–Crippen LogP) is 3.97. The largest absolute Gasteiger partial charge is 0.450 e. The first-order chi connectivity index (χ1) is 13.0.